The third-order valence-corrected chi connectivity index (χ3v) is 1.83. The van der Waals surface area contributed by atoms with Crippen LogP contribution in [-0.2, 0) is 11.2 Å². The van der Waals surface area contributed by atoms with Crippen molar-refractivity contribution in [1.29, 1.82) is 0 Å². The van der Waals surface area contributed by atoms with E-state index in [1.807, 2.05) is 0 Å². The van der Waals surface area contributed by atoms with Gasteiger partial charge < -0.3 is 9.84 Å². The van der Waals surface area contributed by atoms with Crippen LogP contribution in [-0.4, -0.2) is 22.4 Å². The third kappa shape index (κ3) is 3.92. The van der Waals surface area contributed by atoms with E-state index in [1.54, 1.807) is 0 Å². The van der Waals surface area contributed by atoms with Crippen molar-refractivity contribution < 1.29 is 32.7 Å². The molecule has 0 saturated carbocycles. The van der Waals surface area contributed by atoms with Crippen LogP contribution in [0.5, 0.6) is 5.75 Å². The molecule has 18 heavy (non-hydrogen) atoms. The Labute approximate surface area is 97.7 Å². The molecule has 0 amide bonds. The Bertz CT molecular complexity index is 486. The summed E-state index contributed by atoms with van der Waals surface area (Å²) in [4.78, 5) is 19.9. The van der Waals surface area contributed by atoms with Gasteiger partial charge in [0.2, 0.25) is 0 Å². The number of nitro groups is 1. The fourth-order valence-corrected chi connectivity index (χ4v) is 1.19. The minimum absolute atomic E-state index is 0.301. The van der Waals surface area contributed by atoms with E-state index >= 15 is 0 Å². The second kappa shape index (κ2) is 4.90. The lowest BCUT2D eigenvalue weighted by Crippen LogP contribution is -2.18. The van der Waals surface area contributed by atoms with Crippen molar-refractivity contribution in [3.63, 3.8) is 0 Å². The van der Waals surface area contributed by atoms with Crippen LogP contribution in [0.25, 0.3) is 0 Å². The highest BCUT2D eigenvalue weighted by Gasteiger charge is 2.33. The molecule has 0 radical (unpaired) electrons. The van der Waals surface area contributed by atoms with Crippen molar-refractivity contribution in [3.05, 3.63) is 33.9 Å². The summed E-state index contributed by atoms with van der Waals surface area (Å²) >= 11 is 0. The molecule has 0 aliphatic heterocycles. The van der Waals surface area contributed by atoms with Crippen LogP contribution in [0.2, 0.25) is 0 Å². The van der Waals surface area contributed by atoms with Gasteiger partial charge in [0.05, 0.1) is 17.4 Å². The van der Waals surface area contributed by atoms with Crippen LogP contribution in [0.1, 0.15) is 5.56 Å². The summed E-state index contributed by atoms with van der Waals surface area (Å²) in [6.07, 6.45) is -5.79. The monoisotopic (exact) mass is 265 g/mol. The van der Waals surface area contributed by atoms with Gasteiger partial charge in [-0.1, -0.05) is 0 Å². The first-order valence-electron chi connectivity index (χ1n) is 4.44. The number of ether oxygens (including phenoxy) is 1. The summed E-state index contributed by atoms with van der Waals surface area (Å²) in [5.41, 5.74) is -0.922. The number of carboxylic acids is 1. The van der Waals surface area contributed by atoms with E-state index in [4.69, 9.17) is 5.11 Å². The number of nitrogens with zero attached hydrogens (tertiary/aromatic N) is 1. The number of hydrogen-bond donors (Lipinski definition) is 1. The number of carbonyl (C=O) groups is 1. The Morgan fingerprint density at radius 2 is 2.06 bits per heavy atom. The van der Waals surface area contributed by atoms with Crippen LogP contribution >= 0.6 is 0 Å². The molecule has 0 saturated heterocycles. The molecular formula is C9H6F3NO5. The second-order valence-corrected chi connectivity index (χ2v) is 3.17. The first-order valence-corrected chi connectivity index (χ1v) is 4.44. The third-order valence-electron chi connectivity index (χ3n) is 1.83. The van der Waals surface area contributed by atoms with E-state index in [2.05, 4.69) is 4.74 Å². The van der Waals surface area contributed by atoms with E-state index in [0.717, 1.165) is 12.1 Å². The van der Waals surface area contributed by atoms with Gasteiger partial charge in [0.15, 0.2) is 0 Å². The second-order valence-electron chi connectivity index (χ2n) is 3.17. The highest BCUT2D eigenvalue weighted by Crippen LogP contribution is 2.30. The number of rotatable bonds is 4. The number of aliphatic carboxylic acids is 1. The number of benzene rings is 1. The Balaban J connectivity index is 3.17. The first-order chi connectivity index (χ1) is 8.19. The van der Waals surface area contributed by atoms with Crippen LogP contribution < -0.4 is 4.74 Å². The molecule has 1 aromatic carbocycles. The van der Waals surface area contributed by atoms with E-state index in [1.165, 1.54) is 0 Å². The highest BCUT2D eigenvalue weighted by molar-refractivity contribution is 5.71. The standard InChI is InChI=1S/C9H6F3NO5/c10-9(11,12)18-7-4-6(13(16)17)2-1-5(7)3-8(14)15/h1-2,4H,3H2,(H,14,15). The Morgan fingerprint density at radius 1 is 1.44 bits per heavy atom. The summed E-state index contributed by atoms with van der Waals surface area (Å²) < 4.78 is 39.7. The molecule has 0 heterocycles. The topological polar surface area (TPSA) is 89.7 Å². The quantitative estimate of drug-likeness (QED) is 0.665. The molecule has 0 aromatic heterocycles. The van der Waals surface area contributed by atoms with E-state index in [-0.39, 0.29) is 5.56 Å². The molecule has 1 rings (SSSR count). The Hall–Kier alpha value is -2.32. The Kier molecular flexibility index (Phi) is 3.74. The molecule has 0 unspecified atom stereocenters. The predicted molar refractivity (Wildman–Crippen MR) is 51.1 cm³/mol. The zero-order valence-electron chi connectivity index (χ0n) is 8.60. The van der Waals surface area contributed by atoms with Crippen LogP contribution in [0, 0.1) is 10.1 Å². The van der Waals surface area contributed by atoms with Crippen LogP contribution in [0.3, 0.4) is 0 Å². The lowest BCUT2D eigenvalue weighted by Gasteiger charge is -2.11. The SMILES string of the molecule is O=C(O)Cc1ccc([N+](=O)[O-])cc1OC(F)(F)F. The maximum Gasteiger partial charge on any atom is 0.573 e. The molecule has 6 nitrogen and oxygen atoms in total. The smallest absolute Gasteiger partial charge is 0.481 e. The minimum Gasteiger partial charge on any atom is -0.481 e. The number of nitro benzene ring substituents is 1. The number of non-ortho nitro benzene ring substituents is 1. The van der Waals surface area contributed by atoms with Crippen molar-refractivity contribution in [2.45, 2.75) is 12.8 Å². The molecule has 0 bridgehead atoms. The molecule has 0 aliphatic carbocycles. The average molecular weight is 265 g/mol. The van der Waals surface area contributed by atoms with Crippen molar-refractivity contribution in [2.24, 2.45) is 0 Å². The molecule has 9 heteroatoms. The summed E-state index contributed by atoms with van der Waals surface area (Å²) in [6.45, 7) is 0. The Morgan fingerprint density at radius 3 is 2.50 bits per heavy atom. The fourth-order valence-electron chi connectivity index (χ4n) is 1.19. The first kappa shape index (κ1) is 13.7. The van der Waals surface area contributed by atoms with Gasteiger partial charge in [-0.15, -0.1) is 13.2 Å². The largest absolute Gasteiger partial charge is 0.573 e. The predicted octanol–water partition coefficient (Wildman–Crippen LogP) is 2.12. The van der Waals surface area contributed by atoms with E-state index in [9.17, 15) is 28.1 Å². The van der Waals surface area contributed by atoms with Crippen LogP contribution in [0.4, 0.5) is 18.9 Å². The molecule has 1 N–H and O–H groups in total. The fraction of sp³-hybridized carbons (Fsp3) is 0.222. The zero-order chi connectivity index (χ0) is 13.9. The molecule has 0 fully saturated rings. The number of alkyl halides is 3. The minimum atomic E-state index is -5.05. The van der Waals surface area contributed by atoms with Crippen molar-refractivity contribution in [2.75, 3.05) is 0 Å². The van der Waals surface area contributed by atoms with Crippen LogP contribution in [0.15, 0.2) is 18.2 Å². The zero-order valence-corrected chi connectivity index (χ0v) is 8.60. The van der Waals surface area contributed by atoms with Gasteiger partial charge in [0, 0.05) is 11.6 Å². The summed E-state index contributed by atoms with van der Waals surface area (Å²) in [7, 11) is 0. The van der Waals surface area contributed by atoms with Gasteiger partial charge in [-0.2, -0.15) is 0 Å². The van der Waals surface area contributed by atoms with Gasteiger partial charge >= 0.3 is 12.3 Å². The number of hydrogen-bond acceptors (Lipinski definition) is 4. The summed E-state index contributed by atoms with van der Waals surface area (Å²) in [6, 6.07) is 2.35. The summed E-state index contributed by atoms with van der Waals surface area (Å²) in [5.74, 6) is -2.27. The lowest BCUT2D eigenvalue weighted by atomic mass is 10.1. The normalized spacial score (nSPS) is 11.1. The van der Waals surface area contributed by atoms with E-state index in [0.29, 0.717) is 6.07 Å². The average Bonchev–Trinajstić information content (AvgIpc) is 2.17. The molecule has 1 aromatic rings. The summed E-state index contributed by atoms with van der Waals surface area (Å²) in [5, 5.41) is 18.9. The number of halogens is 3. The molecule has 0 aliphatic rings. The maximum atomic E-state index is 12.1. The molecule has 0 atom stereocenters. The maximum absolute atomic E-state index is 12.1. The van der Waals surface area contributed by atoms with Gasteiger partial charge in [-0.25, -0.2) is 0 Å². The van der Waals surface area contributed by atoms with Gasteiger partial charge in [0.1, 0.15) is 5.75 Å². The number of carboxylic acid groups (broad SMARTS) is 1. The van der Waals surface area contributed by atoms with Gasteiger partial charge in [-0.3, -0.25) is 14.9 Å². The van der Waals surface area contributed by atoms with Crippen molar-refractivity contribution >= 4 is 11.7 Å². The van der Waals surface area contributed by atoms with Crippen molar-refractivity contribution in [1.82, 2.24) is 0 Å². The molecule has 98 valence electrons. The highest BCUT2D eigenvalue weighted by atomic mass is 19.4. The van der Waals surface area contributed by atoms with E-state index < -0.39 is 35.1 Å². The van der Waals surface area contributed by atoms with Crippen molar-refractivity contribution in [3.8, 4) is 5.75 Å². The van der Waals surface area contributed by atoms with Gasteiger partial charge in [-0.05, 0) is 6.07 Å². The van der Waals surface area contributed by atoms with Gasteiger partial charge in [0.25, 0.3) is 5.69 Å². The molecular weight excluding hydrogens is 259 g/mol. The molecule has 0 spiro atoms. The lowest BCUT2D eigenvalue weighted by molar-refractivity contribution is -0.385.